The van der Waals surface area contributed by atoms with Crippen molar-refractivity contribution < 1.29 is 9.53 Å². The van der Waals surface area contributed by atoms with Crippen molar-refractivity contribution in [2.24, 2.45) is 5.73 Å². The number of rotatable bonds is 2. The van der Waals surface area contributed by atoms with Gasteiger partial charge in [0.1, 0.15) is 5.60 Å². The van der Waals surface area contributed by atoms with E-state index in [0.717, 1.165) is 5.56 Å². The number of carbonyl (C=O) groups is 1. The fourth-order valence-corrected chi connectivity index (χ4v) is 1.32. The lowest BCUT2D eigenvalue weighted by atomic mass is 10.1. The van der Waals surface area contributed by atoms with Crippen LogP contribution in [0.5, 0.6) is 0 Å². The lowest BCUT2D eigenvalue weighted by molar-refractivity contribution is 0.0636. The average molecular weight is 236 g/mol. The van der Waals surface area contributed by atoms with Gasteiger partial charge in [-0.25, -0.2) is 4.79 Å². The summed E-state index contributed by atoms with van der Waals surface area (Å²) >= 11 is 0. The Hall–Kier alpha value is -1.55. The Labute approximate surface area is 102 Å². The van der Waals surface area contributed by atoms with E-state index in [0.29, 0.717) is 5.69 Å². The molecule has 0 heterocycles. The molecule has 1 aromatic carbocycles. The molecule has 1 amide bonds. The van der Waals surface area contributed by atoms with Crippen LogP contribution in [-0.2, 0) is 4.74 Å². The van der Waals surface area contributed by atoms with Crippen LogP contribution in [0.3, 0.4) is 0 Å². The van der Waals surface area contributed by atoms with Crippen molar-refractivity contribution in [3.63, 3.8) is 0 Å². The Morgan fingerprint density at radius 3 is 2.59 bits per heavy atom. The van der Waals surface area contributed by atoms with Crippen molar-refractivity contribution >= 4 is 11.8 Å². The first-order valence-electron chi connectivity index (χ1n) is 5.63. The van der Waals surface area contributed by atoms with Crippen molar-refractivity contribution in [3.05, 3.63) is 29.8 Å². The Morgan fingerprint density at radius 1 is 1.41 bits per heavy atom. The minimum Gasteiger partial charge on any atom is -0.444 e. The predicted octanol–water partition coefficient (Wildman–Crippen LogP) is 3.05. The maximum absolute atomic E-state index is 11.5. The highest BCUT2D eigenvalue weighted by Gasteiger charge is 2.16. The molecule has 0 fully saturated rings. The van der Waals surface area contributed by atoms with Crippen LogP contribution >= 0.6 is 0 Å². The van der Waals surface area contributed by atoms with E-state index in [9.17, 15) is 4.79 Å². The fraction of sp³-hybridized carbons (Fsp3) is 0.462. The maximum atomic E-state index is 11.5. The van der Waals surface area contributed by atoms with Gasteiger partial charge in [-0.05, 0) is 45.4 Å². The molecule has 0 aliphatic heterocycles. The number of carbonyl (C=O) groups excluding carboxylic acids is 1. The van der Waals surface area contributed by atoms with Crippen molar-refractivity contribution in [1.82, 2.24) is 0 Å². The highest BCUT2D eigenvalue weighted by molar-refractivity contribution is 5.84. The summed E-state index contributed by atoms with van der Waals surface area (Å²) in [7, 11) is 0. The summed E-state index contributed by atoms with van der Waals surface area (Å²) in [5, 5.41) is 2.68. The Morgan fingerprint density at radius 2 is 2.06 bits per heavy atom. The van der Waals surface area contributed by atoms with Crippen molar-refractivity contribution in [3.8, 4) is 0 Å². The first-order valence-corrected chi connectivity index (χ1v) is 5.63. The molecule has 0 bridgehead atoms. The highest BCUT2D eigenvalue weighted by atomic mass is 16.6. The van der Waals surface area contributed by atoms with Gasteiger partial charge in [-0.2, -0.15) is 0 Å². The Bertz CT molecular complexity index is 395. The summed E-state index contributed by atoms with van der Waals surface area (Å²) in [6, 6.07) is 7.36. The van der Waals surface area contributed by atoms with Crippen LogP contribution in [0.15, 0.2) is 24.3 Å². The molecule has 0 spiro atoms. The largest absolute Gasteiger partial charge is 0.444 e. The smallest absolute Gasteiger partial charge is 0.412 e. The van der Waals surface area contributed by atoms with Crippen LogP contribution in [0, 0.1) is 0 Å². The molecule has 0 aliphatic carbocycles. The third kappa shape index (κ3) is 4.87. The molecule has 1 rings (SSSR count). The molecule has 4 heteroatoms. The molecule has 1 aromatic rings. The van der Waals surface area contributed by atoms with Crippen LogP contribution in [-0.4, -0.2) is 11.7 Å². The van der Waals surface area contributed by atoms with Gasteiger partial charge < -0.3 is 10.5 Å². The van der Waals surface area contributed by atoms with E-state index in [-0.39, 0.29) is 6.04 Å². The molecule has 4 nitrogen and oxygen atoms in total. The zero-order chi connectivity index (χ0) is 13.1. The summed E-state index contributed by atoms with van der Waals surface area (Å²) < 4.78 is 5.16. The van der Waals surface area contributed by atoms with Crippen molar-refractivity contribution in [2.75, 3.05) is 5.32 Å². The van der Waals surface area contributed by atoms with Crippen LogP contribution < -0.4 is 11.1 Å². The number of nitrogens with one attached hydrogen (secondary N) is 1. The number of ether oxygens (including phenoxy) is 1. The second-order valence-corrected chi connectivity index (χ2v) is 5.04. The van der Waals surface area contributed by atoms with Gasteiger partial charge in [0.25, 0.3) is 0 Å². The molecule has 0 saturated carbocycles. The summed E-state index contributed by atoms with van der Waals surface area (Å²) in [5.74, 6) is 0. The second-order valence-electron chi connectivity index (χ2n) is 5.04. The van der Waals surface area contributed by atoms with E-state index in [1.807, 2.05) is 45.9 Å². The summed E-state index contributed by atoms with van der Waals surface area (Å²) in [4.78, 5) is 11.5. The average Bonchev–Trinajstić information content (AvgIpc) is 2.14. The number of benzene rings is 1. The Balaban J connectivity index is 2.69. The predicted molar refractivity (Wildman–Crippen MR) is 68.9 cm³/mol. The van der Waals surface area contributed by atoms with E-state index in [1.165, 1.54) is 0 Å². The minimum atomic E-state index is -0.497. The fourth-order valence-electron chi connectivity index (χ4n) is 1.32. The van der Waals surface area contributed by atoms with Crippen LogP contribution in [0.1, 0.15) is 39.3 Å². The minimum absolute atomic E-state index is 0.0598. The zero-order valence-corrected chi connectivity index (χ0v) is 10.8. The molecular weight excluding hydrogens is 216 g/mol. The molecule has 1 atom stereocenters. The van der Waals surface area contributed by atoms with E-state index in [2.05, 4.69) is 5.32 Å². The molecule has 0 saturated heterocycles. The number of anilines is 1. The molecule has 94 valence electrons. The standard InChI is InChI=1S/C13H20N2O2/c1-9(14)10-6-5-7-11(8-10)15-12(16)17-13(2,3)4/h5-9H,14H2,1-4H3,(H,15,16)/t9-/m0/s1. The van der Waals surface area contributed by atoms with Gasteiger partial charge in [0.05, 0.1) is 0 Å². The topological polar surface area (TPSA) is 64.3 Å². The SMILES string of the molecule is C[C@H](N)c1cccc(NC(=O)OC(C)(C)C)c1. The molecule has 17 heavy (non-hydrogen) atoms. The van der Waals surface area contributed by atoms with Gasteiger partial charge in [0, 0.05) is 11.7 Å². The van der Waals surface area contributed by atoms with E-state index >= 15 is 0 Å². The quantitative estimate of drug-likeness (QED) is 0.829. The van der Waals surface area contributed by atoms with Crippen molar-refractivity contribution in [1.29, 1.82) is 0 Å². The van der Waals surface area contributed by atoms with Crippen LogP contribution in [0.4, 0.5) is 10.5 Å². The van der Waals surface area contributed by atoms with Crippen LogP contribution in [0.2, 0.25) is 0 Å². The van der Waals surface area contributed by atoms with Gasteiger partial charge in [-0.3, -0.25) is 5.32 Å². The third-order valence-corrected chi connectivity index (χ3v) is 2.06. The monoisotopic (exact) mass is 236 g/mol. The van der Waals surface area contributed by atoms with Gasteiger partial charge in [-0.1, -0.05) is 12.1 Å². The molecule has 0 aliphatic rings. The first kappa shape index (κ1) is 13.5. The Kier molecular flexibility index (Phi) is 4.12. The van der Waals surface area contributed by atoms with Gasteiger partial charge in [0.15, 0.2) is 0 Å². The van der Waals surface area contributed by atoms with Crippen LogP contribution in [0.25, 0.3) is 0 Å². The van der Waals surface area contributed by atoms with E-state index in [4.69, 9.17) is 10.5 Å². The number of amides is 1. The second kappa shape index (κ2) is 5.19. The summed E-state index contributed by atoms with van der Waals surface area (Å²) in [6.07, 6.45) is -0.459. The normalized spacial score (nSPS) is 13.0. The van der Waals surface area contributed by atoms with Gasteiger partial charge in [0.2, 0.25) is 0 Å². The third-order valence-electron chi connectivity index (χ3n) is 2.06. The van der Waals surface area contributed by atoms with E-state index in [1.54, 1.807) is 6.07 Å². The van der Waals surface area contributed by atoms with Gasteiger partial charge >= 0.3 is 6.09 Å². The summed E-state index contributed by atoms with van der Waals surface area (Å²) in [5.41, 5.74) is 6.93. The number of hydrogen-bond acceptors (Lipinski definition) is 3. The molecule has 0 aromatic heterocycles. The van der Waals surface area contributed by atoms with Crippen molar-refractivity contribution in [2.45, 2.75) is 39.3 Å². The maximum Gasteiger partial charge on any atom is 0.412 e. The number of hydrogen-bond donors (Lipinski definition) is 2. The zero-order valence-electron chi connectivity index (χ0n) is 10.8. The molecular formula is C13H20N2O2. The van der Waals surface area contributed by atoms with E-state index < -0.39 is 11.7 Å². The summed E-state index contributed by atoms with van der Waals surface area (Å²) in [6.45, 7) is 7.37. The first-order chi connectivity index (χ1) is 7.78. The highest BCUT2D eigenvalue weighted by Crippen LogP contribution is 2.16. The lowest BCUT2D eigenvalue weighted by Crippen LogP contribution is -2.27. The van der Waals surface area contributed by atoms with Gasteiger partial charge in [-0.15, -0.1) is 0 Å². The molecule has 3 N–H and O–H groups in total. The molecule has 0 radical (unpaired) electrons. The molecule has 0 unspecified atom stereocenters. The lowest BCUT2D eigenvalue weighted by Gasteiger charge is -2.20. The number of nitrogens with two attached hydrogens (primary N) is 1.